The molecule has 0 fully saturated rings. The van der Waals surface area contributed by atoms with Gasteiger partial charge in [0, 0.05) is 11.6 Å². The van der Waals surface area contributed by atoms with Gasteiger partial charge in [-0.15, -0.1) is 0 Å². The van der Waals surface area contributed by atoms with Gasteiger partial charge in [-0.05, 0) is 46.9 Å². The van der Waals surface area contributed by atoms with Crippen molar-refractivity contribution in [3.05, 3.63) is 100 Å². The van der Waals surface area contributed by atoms with Crippen molar-refractivity contribution in [1.82, 2.24) is 0 Å². The Kier molecular flexibility index (Phi) is 6.04. The summed E-state index contributed by atoms with van der Waals surface area (Å²) in [5, 5.41) is 9.75. The van der Waals surface area contributed by atoms with E-state index < -0.39 is 11.9 Å². The standard InChI is InChI=1S/C28H26N2O4/c1-28(2,3)19-10-8-17(9-11-19)27(31)33-21-12-13-22-24(15-21)34-26(30)23(16-29)25(22)18-6-5-7-20(14-18)32-4/h5-15,25H,30H2,1-4H3. The van der Waals surface area contributed by atoms with Crippen LogP contribution in [0, 0.1) is 11.3 Å². The van der Waals surface area contributed by atoms with E-state index in [1.807, 2.05) is 36.4 Å². The summed E-state index contributed by atoms with van der Waals surface area (Å²) in [7, 11) is 1.59. The highest BCUT2D eigenvalue weighted by molar-refractivity contribution is 5.91. The molecule has 1 atom stereocenters. The molecule has 3 aromatic rings. The molecule has 0 aliphatic carbocycles. The summed E-state index contributed by atoms with van der Waals surface area (Å²) in [6.45, 7) is 6.35. The van der Waals surface area contributed by atoms with Gasteiger partial charge in [-0.25, -0.2) is 4.79 Å². The van der Waals surface area contributed by atoms with Crippen LogP contribution >= 0.6 is 0 Å². The number of fused-ring (bicyclic) bond motifs is 1. The predicted molar refractivity (Wildman–Crippen MR) is 129 cm³/mol. The zero-order valence-corrected chi connectivity index (χ0v) is 19.6. The Morgan fingerprint density at radius 3 is 2.41 bits per heavy atom. The third-order valence-corrected chi connectivity index (χ3v) is 5.81. The number of benzene rings is 3. The van der Waals surface area contributed by atoms with Crippen LogP contribution in [0.25, 0.3) is 0 Å². The third kappa shape index (κ3) is 4.46. The maximum Gasteiger partial charge on any atom is 0.343 e. The SMILES string of the molecule is COc1cccc(C2C(C#N)=C(N)Oc3cc(OC(=O)c4ccc(C(C)(C)C)cc4)ccc32)c1. The van der Waals surface area contributed by atoms with Crippen LogP contribution in [0.4, 0.5) is 0 Å². The number of ether oxygens (including phenoxy) is 3. The topological polar surface area (TPSA) is 94.6 Å². The number of hydrogen-bond acceptors (Lipinski definition) is 6. The molecular weight excluding hydrogens is 428 g/mol. The Hall–Kier alpha value is -4.24. The molecular formula is C28H26N2O4. The van der Waals surface area contributed by atoms with Crippen LogP contribution in [-0.4, -0.2) is 13.1 Å². The third-order valence-electron chi connectivity index (χ3n) is 5.81. The van der Waals surface area contributed by atoms with E-state index in [0.29, 0.717) is 28.4 Å². The van der Waals surface area contributed by atoms with Crippen molar-refractivity contribution < 1.29 is 19.0 Å². The normalized spacial score (nSPS) is 15.1. The van der Waals surface area contributed by atoms with Crippen molar-refractivity contribution in [2.75, 3.05) is 7.11 Å². The second-order valence-electron chi connectivity index (χ2n) is 9.12. The van der Waals surface area contributed by atoms with Gasteiger partial charge in [-0.2, -0.15) is 5.26 Å². The molecule has 1 aliphatic heterocycles. The van der Waals surface area contributed by atoms with Gasteiger partial charge in [-0.3, -0.25) is 0 Å². The second-order valence-corrected chi connectivity index (χ2v) is 9.12. The van der Waals surface area contributed by atoms with Crippen LogP contribution in [0.2, 0.25) is 0 Å². The largest absolute Gasteiger partial charge is 0.497 e. The molecule has 0 radical (unpaired) electrons. The molecule has 6 heteroatoms. The number of carbonyl (C=O) groups excluding carboxylic acids is 1. The zero-order chi connectivity index (χ0) is 24.5. The summed E-state index contributed by atoms with van der Waals surface area (Å²) in [6, 6.07) is 22.1. The number of allylic oxidation sites excluding steroid dienone is 1. The van der Waals surface area contributed by atoms with E-state index in [2.05, 4.69) is 26.8 Å². The number of rotatable bonds is 4. The average Bonchev–Trinajstić information content (AvgIpc) is 2.82. The van der Waals surface area contributed by atoms with Crippen LogP contribution in [0.1, 0.15) is 53.7 Å². The molecule has 0 saturated heterocycles. The fourth-order valence-electron chi connectivity index (χ4n) is 3.94. The number of carbonyl (C=O) groups is 1. The molecule has 0 bridgehead atoms. The number of nitrogens with two attached hydrogens (primary N) is 1. The molecule has 34 heavy (non-hydrogen) atoms. The number of nitrogens with zero attached hydrogens (tertiary/aromatic N) is 1. The lowest BCUT2D eigenvalue weighted by Gasteiger charge is -2.27. The first kappa shape index (κ1) is 22.9. The molecule has 1 unspecified atom stereocenters. The monoisotopic (exact) mass is 454 g/mol. The molecule has 3 aromatic carbocycles. The molecule has 4 rings (SSSR count). The zero-order valence-electron chi connectivity index (χ0n) is 19.6. The van der Waals surface area contributed by atoms with Crippen LogP contribution in [0.3, 0.4) is 0 Å². The average molecular weight is 455 g/mol. The van der Waals surface area contributed by atoms with Gasteiger partial charge >= 0.3 is 5.97 Å². The van der Waals surface area contributed by atoms with Gasteiger partial charge < -0.3 is 19.9 Å². The fraction of sp³-hybridized carbons (Fsp3) is 0.214. The summed E-state index contributed by atoms with van der Waals surface area (Å²) in [5.74, 6) is 0.535. The quantitative estimate of drug-likeness (QED) is 0.417. The van der Waals surface area contributed by atoms with Gasteiger partial charge in [0.15, 0.2) is 0 Å². The first-order valence-corrected chi connectivity index (χ1v) is 10.9. The van der Waals surface area contributed by atoms with Gasteiger partial charge in [0.25, 0.3) is 0 Å². The van der Waals surface area contributed by atoms with Crippen molar-refractivity contribution in [3.8, 4) is 23.3 Å². The smallest absolute Gasteiger partial charge is 0.343 e. The first-order chi connectivity index (χ1) is 16.2. The Bertz CT molecular complexity index is 1310. The maximum atomic E-state index is 12.7. The van der Waals surface area contributed by atoms with Gasteiger partial charge in [0.1, 0.15) is 28.9 Å². The lowest BCUT2D eigenvalue weighted by atomic mass is 9.83. The summed E-state index contributed by atoms with van der Waals surface area (Å²) < 4.78 is 16.7. The molecule has 1 heterocycles. The van der Waals surface area contributed by atoms with Gasteiger partial charge in [0.05, 0.1) is 18.6 Å². The Morgan fingerprint density at radius 1 is 1.03 bits per heavy atom. The summed E-state index contributed by atoms with van der Waals surface area (Å²) >= 11 is 0. The highest BCUT2D eigenvalue weighted by Gasteiger charge is 2.31. The van der Waals surface area contributed by atoms with E-state index in [1.54, 1.807) is 37.4 Å². The van der Waals surface area contributed by atoms with Crippen molar-refractivity contribution in [1.29, 1.82) is 5.26 Å². The molecule has 0 aromatic heterocycles. The van der Waals surface area contributed by atoms with E-state index in [4.69, 9.17) is 19.9 Å². The van der Waals surface area contributed by atoms with Crippen molar-refractivity contribution >= 4 is 5.97 Å². The van der Waals surface area contributed by atoms with E-state index in [-0.39, 0.29) is 11.3 Å². The number of methoxy groups -OCH3 is 1. The molecule has 6 nitrogen and oxygen atoms in total. The minimum absolute atomic E-state index is 0.00664. The lowest BCUT2D eigenvalue weighted by Crippen LogP contribution is -2.21. The maximum absolute atomic E-state index is 12.7. The van der Waals surface area contributed by atoms with Crippen molar-refractivity contribution in [2.45, 2.75) is 32.1 Å². The highest BCUT2D eigenvalue weighted by Crippen LogP contribution is 2.44. The van der Waals surface area contributed by atoms with E-state index >= 15 is 0 Å². The molecule has 0 amide bonds. The molecule has 1 aliphatic rings. The fourth-order valence-corrected chi connectivity index (χ4v) is 3.94. The van der Waals surface area contributed by atoms with E-state index in [9.17, 15) is 10.1 Å². The van der Waals surface area contributed by atoms with Crippen molar-refractivity contribution in [3.63, 3.8) is 0 Å². The molecule has 0 saturated carbocycles. The molecule has 172 valence electrons. The minimum atomic E-state index is -0.471. The van der Waals surface area contributed by atoms with Crippen LogP contribution in [-0.2, 0) is 5.41 Å². The van der Waals surface area contributed by atoms with Crippen LogP contribution in [0.15, 0.2) is 78.2 Å². The highest BCUT2D eigenvalue weighted by atomic mass is 16.5. The Labute approximate surface area is 199 Å². The minimum Gasteiger partial charge on any atom is -0.497 e. The first-order valence-electron chi connectivity index (χ1n) is 10.9. The summed E-state index contributed by atoms with van der Waals surface area (Å²) in [6.07, 6.45) is 0. The number of nitriles is 1. The van der Waals surface area contributed by atoms with Crippen LogP contribution in [0.5, 0.6) is 17.2 Å². The number of esters is 1. The summed E-state index contributed by atoms with van der Waals surface area (Å²) in [5.41, 5.74) is 9.56. The van der Waals surface area contributed by atoms with E-state index in [1.165, 1.54) is 0 Å². The predicted octanol–water partition coefficient (Wildman–Crippen LogP) is 5.43. The lowest BCUT2D eigenvalue weighted by molar-refractivity contribution is 0.0734. The second kappa shape index (κ2) is 8.95. The van der Waals surface area contributed by atoms with Gasteiger partial charge in [0.2, 0.25) is 5.88 Å². The number of hydrogen-bond donors (Lipinski definition) is 1. The van der Waals surface area contributed by atoms with Crippen molar-refractivity contribution in [2.24, 2.45) is 5.73 Å². The molecule has 0 spiro atoms. The van der Waals surface area contributed by atoms with E-state index in [0.717, 1.165) is 16.7 Å². The van der Waals surface area contributed by atoms with Gasteiger partial charge in [-0.1, -0.05) is 51.1 Å². The Balaban J connectivity index is 1.64. The van der Waals surface area contributed by atoms with Crippen LogP contribution < -0.4 is 19.9 Å². The summed E-state index contributed by atoms with van der Waals surface area (Å²) in [4.78, 5) is 12.7. The molecule has 2 N–H and O–H groups in total. The Morgan fingerprint density at radius 2 is 1.76 bits per heavy atom.